The number of hydrogen-bond acceptors (Lipinski definition) is 9. The third kappa shape index (κ3) is 15.2. The molecule has 0 spiro atoms. The van der Waals surface area contributed by atoms with E-state index in [2.05, 4.69) is 20.9 Å². The lowest BCUT2D eigenvalue weighted by atomic mass is 10.1. The Morgan fingerprint density at radius 2 is 1.35 bits per heavy atom. The Hall–Kier alpha value is -3.60. The van der Waals surface area contributed by atoms with Gasteiger partial charge in [-0.3, -0.25) is 29.0 Å². The van der Waals surface area contributed by atoms with Gasteiger partial charge in [0.1, 0.15) is 18.1 Å². The molecular formula is C20H35N7O9S. The van der Waals surface area contributed by atoms with Crippen LogP contribution in [0, 0.1) is 0 Å². The average molecular weight is 550 g/mol. The second-order valence-electron chi connectivity index (χ2n) is 7.89. The molecule has 37 heavy (non-hydrogen) atoms. The molecule has 0 radical (unpaired) electrons. The number of aliphatic carboxylic acids is 3. The van der Waals surface area contributed by atoms with Crippen molar-refractivity contribution in [2.24, 2.45) is 22.2 Å². The van der Waals surface area contributed by atoms with Crippen LogP contribution < -0.4 is 33.2 Å². The van der Waals surface area contributed by atoms with Crippen LogP contribution in [0.25, 0.3) is 0 Å². The zero-order valence-electron chi connectivity index (χ0n) is 20.3. The third-order valence-corrected chi connectivity index (χ3v) is 5.46. The summed E-state index contributed by atoms with van der Waals surface area (Å²) in [4.78, 5) is 75.2. The minimum atomic E-state index is -1.51. The van der Waals surface area contributed by atoms with Gasteiger partial charge < -0.3 is 48.5 Å². The summed E-state index contributed by atoms with van der Waals surface area (Å²) < 4.78 is 0. The van der Waals surface area contributed by atoms with E-state index in [1.807, 2.05) is 0 Å². The van der Waals surface area contributed by atoms with E-state index < -0.39 is 72.6 Å². The summed E-state index contributed by atoms with van der Waals surface area (Å²) in [5.74, 6) is -6.43. The maximum Gasteiger partial charge on any atom is 0.326 e. The number of aliphatic imine (C=N–C) groups is 1. The van der Waals surface area contributed by atoms with Gasteiger partial charge in [-0.15, -0.1) is 0 Å². The summed E-state index contributed by atoms with van der Waals surface area (Å²) in [6, 6.07) is -5.49. The van der Waals surface area contributed by atoms with Crippen molar-refractivity contribution in [2.45, 2.75) is 62.7 Å². The van der Waals surface area contributed by atoms with Crippen molar-refractivity contribution in [1.82, 2.24) is 16.0 Å². The van der Waals surface area contributed by atoms with Gasteiger partial charge in [0, 0.05) is 13.0 Å². The zero-order chi connectivity index (χ0) is 28.5. The van der Waals surface area contributed by atoms with Crippen LogP contribution in [0.15, 0.2) is 4.99 Å². The molecule has 0 aromatic carbocycles. The van der Waals surface area contributed by atoms with Crippen molar-refractivity contribution < 1.29 is 44.1 Å². The Balaban J connectivity index is 5.68. The van der Waals surface area contributed by atoms with E-state index in [9.17, 15) is 33.9 Å². The number of thioether (sulfide) groups is 1. The van der Waals surface area contributed by atoms with Gasteiger partial charge in [-0.05, 0) is 37.7 Å². The first-order valence-electron chi connectivity index (χ1n) is 11.2. The molecule has 0 fully saturated rings. The lowest BCUT2D eigenvalue weighted by molar-refractivity contribution is -0.142. The van der Waals surface area contributed by atoms with Gasteiger partial charge in [-0.1, -0.05) is 0 Å². The standard InChI is InChI=1S/C20H35N7O9S/c1-37-8-6-13(19(35)36)27-17(33)11(3-2-7-24-20(22)23)26-18(34)12(4-5-14(28)29)25-16(32)10(21)9-15(30)31/h10-13H,2-9,21H2,1H3,(H,25,32)(H,26,34)(H,27,33)(H,28,29)(H,30,31)(H,35,36)(H4,22,23,24). The number of nitrogens with one attached hydrogen (secondary N) is 3. The van der Waals surface area contributed by atoms with E-state index in [1.165, 1.54) is 11.8 Å². The van der Waals surface area contributed by atoms with Gasteiger partial charge in [0.25, 0.3) is 0 Å². The molecule has 0 aliphatic heterocycles. The fourth-order valence-electron chi connectivity index (χ4n) is 2.91. The Morgan fingerprint density at radius 1 is 0.811 bits per heavy atom. The van der Waals surface area contributed by atoms with Crippen molar-refractivity contribution >= 4 is 53.4 Å². The van der Waals surface area contributed by atoms with Crippen molar-refractivity contribution in [2.75, 3.05) is 18.6 Å². The van der Waals surface area contributed by atoms with Crippen molar-refractivity contribution in [3.05, 3.63) is 0 Å². The number of carboxylic acid groups (broad SMARTS) is 3. The van der Waals surface area contributed by atoms with Gasteiger partial charge in [0.15, 0.2) is 5.96 Å². The SMILES string of the molecule is CSCCC(NC(=O)C(CCCN=C(N)N)NC(=O)C(CCC(=O)O)NC(=O)C(N)CC(=O)O)C(=O)O. The molecule has 4 atom stereocenters. The van der Waals surface area contributed by atoms with Crippen molar-refractivity contribution in [3.63, 3.8) is 0 Å². The number of carbonyl (C=O) groups excluding carboxylic acids is 3. The van der Waals surface area contributed by atoms with E-state index in [0.717, 1.165) is 0 Å². The zero-order valence-corrected chi connectivity index (χ0v) is 21.2. The summed E-state index contributed by atoms with van der Waals surface area (Å²) in [6.07, 6.45) is 0.401. The lowest BCUT2D eigenvalue weighted by Gasteiger charge is -2.25. The molecule has 17 heteroatoms. The number of hydrogen-bond donors (Lipinski definition) is 9. The molecule has 3 amide bonds. The number of guanidine groups is 1. The summed E-state index contributed by atoms with van der Waals surface area (Å²) in [5.41, 5.74) is 16.0. The molecule has 0 aromatic heterocycles. The first kappa shape index (κ1) is 33.4. The van der Waals surface area contributed by atoms with Gasteiger partial charge in [-0.2, -0.15) is 11.8 Å². The monoisotopic (exact) mass is 549 g/mol. The molecule has 16 nitrogen and oxygen atoms in total. The largest absolute Gasteiger partial charge is 0.481 e. The molecule has 0 saturated carbocycles. The Labute approximate surface area is 217 Å². The predicted octanol–water partition coefficient (Wildman–Crippen LogP) is -3.00. The van der Waals surface area contributed by atoms with E-state index in [1.54, 1.807) is 6.26 Å². The lowest BCUT2D eigenvalue weighted by Crippen LogP contribution is -2.57. The fraction of sp³-hybridized carbons (Fsp3) is 0.650. The molecule has 4 unspecified atom stereocenters. The molecule has 0 bridgehead atoms. The molecule has 12 N–H and O–H groups in total. The highest BCUT2D eigenvalue weighted by atomic mass is 32.2. The van der Waals surface area contributed by atoms with Crippen LogP contribution in [0.3, 0.4) is 0 Å². The maximum absolute atomic E-state index is 12.9. The van der Waals surface area contributed by atoms with Crippen molar-refractivity contribution in [1.29, 1.82) is 0 Å². The van der Waals surface area contributed by atoms with Crippen LogP contribution in [-0.4, -0.2) is 99.6 Å². The van der Waals surface area contributed by atoms with Gasteiger partial charge in [-0.25, -0.2) is 4.79 Å². The second-order valence-corrected chi connectivity index (χ2v) is 8.87. The highest BCUT2D eigenvalue weighted by molar-refractivity contribution is 7.98. The Kier molecular flexibility index (Phi) is 16.0. The average Bonchev–Trinajstić information content (AvgIpc) is 2.79. The van der Waals surface area contributed by atoms with E-state index in [-0.39, 0.29) is 38.2 Å². The van der Waals surface area contributed by atoms with Crippen LogP contribution in [0.5, 0.6) is 0 Å². The normalized spacial score (nSPS) is 13.8. The maximum atomic E-state index is 12.9. The van der Waals surface area contributed by atoms with Crippen LogP contribution in [0.4, 0.5) is 0 Å². The van der Waals surface area contributed by atoms with E-state index in [4.69, 9.17) is 27.4 Å². The molecule has 0 aliphatic carbocycles. The Morgan fingerprint density at radius 3 is 1.84 bits per heavy atom. The molecule has 0 rings (SSSR count). The number of rotatable bonds is 19. The molecule has 210 valence electrons. The fourth-order valence-corrected chi connectivity index (χ4v) is 3.38. The topological polar surface area (TPSA) is 290 Å². The quantitative estimate of drug-likeness (QED) is 0.0441. The molecule has 0 aromatic rings. The first-order chi connectivity index (χ1) is 17.3. The van der Waals surface area contributed by atoms with Crippen molar-refractivity contribution in [3.8, 4) is 0 Å². The first-order valence-corrected chi connectivity index (χ1v) is 12.5. The summed E-state index contributed by atoms with van der Waals surface area (Å²) in [6.45, 7) is 0.0973. The highest BCUT2D eigenvalue weighted by Crippen LogP contribution is 2.07. The molecule has 0 saturated heterocycles. The second kappa shape index (κ2) is 17.8. The summed E-state index contributed by atoms with van der Waals surface area (Å²) >= 11 is 1.38. The minimum absolute atomic E-state index is 0.0264. The smallest absolute Gasteiger partial charge is 0.326 e. The molecule has 0 aliphatic rings. The van der Waals surface area contributed by atoms with Crippen LogP contribution in [0.2, 0.25) is 0 Å². The summed E-state index contributed by atoms with van der Waals surface area (Å²) in [5, 5.41) is 34.1. The molecular weight excluding hydrogens is 514 g/mol. The Bertz CT molecular complexity index is 852. The van der Waals surface area contributed by atoms with Gasteiger partial charge in [0.2, 0.25) is 17.7 Å². The third-order valence-electron chi connectivity index (χ3n) is 4.81. The number of nitrogens with zero attached hydrogens (tertiary/aromatic N) is 1. The number of amides is 3. The van der Waals surface area contributed by atoms with Gasteiger partial charge >= 0.3 is 17.9 Å². The minimum Gasteiger partial charge on any atom is -0.481 e. The van der Waals surface area contributed by atoms with E-state index in [0.29, 0.717) is 5.75 Å². The van der Waals surface area contributed by atoms with E-state index >= 15 is 0 Å². The number of carbonyl (C=O) groups is 6. The van der Waals surface area contributed by atoms with Crippen LogP contribution in [0.1, 0.15) is 38.5 Å². The number of carboxylic acids is 3. The van der Waals surface area contributed by atoms with Gasteiger partial charge in [0.05, 0.1) is 12.5 Å². The highest BCUT2D eigenvalue weighted by Gasteiger charge is 2.30. The predicted molar refractivity (Wildman–Crippen MR) is 133 cm³/mol. The molecule has 0 heterocycles. The number of nitrogens with two attached hydrogens (primary N) is 3. The summed E-state index contributed by atoms with van der Waals surface area (Å²) in [7, 11) is 0. The van der Waals surface area contributed by atoms with Crippen LogP contribution >= 0.6 is 11.8 Å². The van der Waals surface area contributed by atoms with Crippen LogP contribution in [-0.2, 0) is 28.8 Å².